The monoisotopic (exact) mass is 852 g/mol. The van der Waals surface area contributed by atoms with Crippen LogP contribution in [0, 0.1) is 19.3 Å². The molecule has 1 fully saturated rings. The number of rotatable bonds is 14. The van der Waals surface area contributed by atoms with E-state index in [-0.39, 0.29) is 22.4 Å². The molecule has 0 aliphatic carbocycles. The van der Waals surface area contributed by atoms with E-state index in [1.54, 1.807) is 40.5 Å². The van der Waals surface area contributed by atoms with E-state index in [4.69, 9.17) is 51.5 Å². The average Bonchev–Trinajstić information content (AvgIpc) is 3.87. The van der Waals surface area contributed by atoms with E-state index in [9.17, 15) is 9.59 Å². The normalized spacial score (nSPS) is 20.0. The van der Waals surface area contributed by atoms with Crippen molar-refractivity contribution in [3.8, 4) is 23.8 Å². The SMILES string of the molecule is C#C[C@H](C)O[C@]1(COC(c2ccccc2)(c2ccc(OC)cc2)c2ccc(OC)cc2)O[C@@H](n2cc(C)c(=O)[nH]c2=O)[C@H](OC(=S)n2ccnc2)[C@@H]1O[Si](C)(C)C(C)(C)C. The van der Waals surface area contributed by atoms with Crippen molar-refractivity contribution in [3.05, 3.63) is 147 Å². The van der Waals surface area contributed by atoms with Gasteiger partial charge in [0, 0.05) is 24.2 Å². The summed E-state index contributed by atoms with van der Waals surface area (Å²) in [4.78, 5) is 33.1. The molecular weight excluding hydrogens is 801 g/mol. The van der Waals surface area contributed by atoms with Crippen molar-refractivity contribution in [2.24, 2.45) is 0 Å². The van der Waals surface area contributed by atoms with Crippen LogP contribution in [0.3, 0.4) is 0 Å². The number of aryl methyl sites for hydroxylation is 1. The lowest BCUT2D eigenvalue weighted by Gasteiger charge is -2.45. The van der Waals surface area contributed by atoms with Crippen LogP contribution < -0.4 is 20.7 Å². The summed E-state index contributed by atoms with van der Waals surface area (Å²) in [5, 5.41) is -0.336. The number of H-pyrrole nitrogens is 1. The Morgan fingerprint density at radius 1 is 0.983 bits per heavy atom. The second kappa shape index (κ2) is 17.7. The third kappa shape index (κ3) is 8.76. The first-order valence-corrected chi connectivity index (χ1v) is 22.8. The minimum absolute atomic E-state index is 0.000872. The minimum Gasteiger partial charge on any atom is -0.497 e. The van der Waals surface area contributed by atoms with E-state index in [0.29, 0.717) is 11.5 Å². The number of benzene rings is 3. The summed E-state index contributed by atoms with van der Waals surface area (Å²) in [5.41, 5.74) is -0.112. The lowest BCUT2D eigenvalue weighted by atomic mass is 9.80. The van der Waals surface area contributed by atoms with Gasteiger partial charge in [-0.3, -0.25) is 18.9 Å². The predicted octanol–water partition coefficient (Wildman–Crippen LogP) is 6.94. The summed E-state index contributed by atoms with van der Waals surface area (Å²) >= 11 is 5.83. The van der Waals surface area contributed by atoms with Crippen molar-refractivity contribution in [2.45, 2.75) is 88.7 Å². The van der Waals surface area contributed by atoms with Gasteiger partial charge in [-0.15, -0.1) is 6.42 Å². The van der Waals surface area contributed by atoms with Crippen molar-refractivity contribution in [3.63, 3.8) is 0 Å². The van der Waals surface area contributed by atoms with Crippen molar-refractivity contribution < 1.29 is 32.8 Å². The second-order valence-electron chi connectivity index (χ2n) is 16.1. The number of nitrogens with one attached hydrogen (secondary N) is 1. The summed E-state index contributed by atoms with van der Waals surface area (Å²) < 4.78 is 49.4. The fourth-order valence-corrected chi connectivity index (χ4v) is 8.43. The Hall–Kier alpha value is -5.34. The molecule has 0 saturated carbocycles. The first kappa shape index (κ1) is 44.2. The summed E-state index contributed by atoms with van der Waals surface area (Å²) in [6.07, 6.45) is 7.67. The van der Waals surface area contributed by atoms with Crippen LogP contribution in [-0.4, -0.2) is 77.5 Å². The predicted molar refractivity (Wildman–Crippen MR) is 234 cm³/mol. The Kier molecular flexibility index (Phi) is 13.1. The van der Waals surface area contributed by atoms with E-state index < -0.39 is 55.5 Å². The average molecular weight is 853 g/mol. The lowest BCUT2D eigenvalue weighted by Crippen LogP contribution is -2.59. The Morgan fingerprint density at radius 3 is 2.08 bits per heavy atom. The molecule has 0 radical (unpaired) electrons. The van der Waals surface area contributed by atoms with Crippen LogP contribution in [0.2, 0.25) is 18.1 Å². The number of hydrogen-bond acceptors (Lipinski definition) is 11. The van der Waals surface area contributed by atoms with E-state index in [2.05, 4.69) is 49.8 Å². The zero-order valence-electron chi connectivity index (χ0n) is 35.3. The molecule has 2 aromatic heterocycles. The summed E-state index contributed by atoms with van der Waals surface area (Å²) in [7, 11) is 0.400. The number of nitrogens with zero attached hydrogens (tertiary/aromatic N) is 3. The number of hydrogen-bond donors (Lipinski definition) is 1. The van der Waals surface area contributed by atoms with E-state index >= 15 is 0 Å². The number of aromatic nitrogens is 4. The van der Waals surface area contributed by atoms with Gasteiger partial charge in [-0.2, -0.15) is 0 Å². The van der Waals surface area contributed by atoms with Gasteiger partial charge in [0.1, 0.15) is 42.2 Å². The van der Waals surface area contributed by atoms with Crippen LogP contribution in [0.25, 0.3) is 0 Å². The Labute approximate surface area is 356 Å². The van der Waals surface area contributed by atoms with Crippen LogP contribution in [0.4, 0.5) is 0 Å². The molecular formula is C45H52N4O9SSi. The van der Waals surface area contributed by atoms with E-state index in [1.165, 1.54) is 21.7 Å². The number of terminal acetylenes is 1. The molecule has 5 atom stereocenters. The van der Waals surface area contributed by atoms with Gasteiger partial charge in [0.2, 0.25) is 5.79 Å². The molecule has 15 heteroatoms. The smallest absolute Gasteiger partial charge is 0.330 e. The molecule has 0 unspecified atom stereocenters. The van der Waals surface area contributed by atoms with Gasteiger partial charge in [0.15, 0.2) is 20.6 Å². The molecule has 316 valence electrons. The summed E-state index contributed by atoms with van der Waals surface area (Å²) in [6.45, 7) is 13.4. The third-order valence-electron chi connectivity index (χ3n) is 11.2. The first-order valence-electron chi connectivity index (χ1n) is 19.5. The van der Waals surface area contributed by atoms with Crippen LogP contribution in [-0.2, 0) is 29.0 Å². The fourth-order valence-electron chi connectivity index (χ4n) is 6.91. The summed E-state index contributed by atoms with van der Waals surface area (Å²) in [5.74, 6) is 2.09. The first-order chi connectivity index (χ1) is 28.5. The highest BCUT2D eigenvalue weighted by atomic mass is 32.1. The number of imidazole rings is 1. The maximum atomic E-state index is 13.8. The Bertz CT molecular complexity index is 2360. The molecule has 0 amide bonds. The van der Waals surface area contributed by atoms with Crippen molar-refractivity contribution in [2.75, 3.05) is 20.8 Å². The fraction of sp³-hybridized carbons (Fsp3) is 0.378. The van der Waals surface area contributed by atoms with Gasteiger partial charge in [0.05, 0.1) is 14.2 Å². The minimum atomic E-state index is -2.81. The number of methoxy groups -OCH3 is 2. The Balaban J connectivity index is 1.63. The van der Waals surface area contributed by atoms with E-state index in [1.807, 2.05) is 78.9 Å². The summed E-state index contributed by atoms with van der Waals surface area (Å²) in [6, 6.07) is 25.0. The van der Waals surface area contributed by atoms with Crippen molar-refractivity contribution in [1.29, 1.82) is 0 Å². The lowest BCUT2D eigenvalue weighted by molar-refractivity contribution is -0.300. The molecule has 1 aliphatic rings. The van der Waals surface area contributed by atoms with Crippen LogP contribution in [0.1, 0.15) is 56.2 Å². The van der Waals surface area contributed by atoms with Crippen LogP contribution >= 0.6 is 12.2 Å². The Morgan fingerprint density at radius 2 is 1.57 bits per heavy atom. The number of aromatic amines is 1. The molecule has 0 bridgehead atoms. The highest BCUT2D eigenvalue weighted by Gasteiger charge is 2.63. The van der Waals surface area contributed by atoms with Gasteiger partial charge in [-0.25, -0.2) is 9.78 Å². The third-order valence-corrected chi connectivity index (χ3v) is 16.0. The van der Waals surface area contributed by atoms with Gasteiger partial charge >= 0.3 is 5.69 Å². The molecule has 13 nitrogen and oxygen atoms in total. The highest BCUT2D eigenvalue weighted by Crippen LogP contribution is 2.49. The molecule has 60 heavy (non-hydrogen) atoms. The molecule has 0 spiro atoms. The van der Waals surface area contributed by atoms with Crippen LogP contribution in [0.15, 0.2) is 113 Å². The number of ether oxygens (including phenoxy) is 6. The maximum absolute atomic E-state index is 13.8. The zero-order chi connectivity index (χ0) is 43.5. The zero-order valence-corrected chi connectivity index (χ0v) is 37.1. The largest absolute Gasteiger partial charge is 0.497 e. The molecule has 5 aromatic rings. The molecule has 3 aromatic carbocycles. The van der Waals surface area contributed by atoms with Gasteiger partial charge in [-0.1, -0.05) is 81.3 Å². The van der Waals surface area contributed by atoms with Crippen molar-refractivity contribution in [1.82, 2.24) is 19.1 Å². The second-order valence-corrected chi connectivity index (χ2v) is 21.2. The van der Waals surface area contributed by atoms with Crippen LogP contribution in [0.5, 0.6) is 11.5 Å². The molecule has 1 aliphatic heterocycles. The topological polar surface area (TPSA) is 137 Å². The molecule has 3 heterocycles. The quantitative estimate of drug-likeness (QED) is 0.0539. The maximum Gasteiger partial charge on any atom is 0.330 e. The number of thiocarbonyl (C=S) groups is 1. The van der Waals surface area contributed by atoms with Gasteiger partial charge < -0.3 is 32.8 Å². The molecule has 1 saturated heterocycles. The molecule has 1 N–H and O–H groups in total. The van der Waals surface area contributed by atoms with E-state index in [0.717, 1.165) is 16.7 Å². The van der Waals surface area contributed by atoms with Gasteiger partial charge in [0.25, 0.3) is 10.7 Å². The molecule has 6 rings (SSSR count). The highest BCUT2D eigenvalue weighted by molar-refractivity contribution is 7.80. The van der Waals surface area contributed by atoms with Gasteiger partial charge in [-0.05, 0) is 85.2 Å². The standard InChI is InChI=1S/C45H52N4O9SSi/c1-11-31(3)56-44(28-54-45(32-15-13-12-14-16-32,33-17-21-35(52-7)22-18-33)34-19-23-36(53-8)24-20-34)38(58-60(9,10)43(4,5)6)37(55-42(59)48-26-25-46-29-48)40(57-44)49-27-30(2)39(50)47-41(49)51/h1,12-27,29,31,37-38,40H,28H2,2-10H3,(H,47,50,51)/t31-,37+,38-,40+,44+/m0/s1. The van der Waals surface area contributed by atoms with Crippen molar-refractivity contribution >= 4 is 25.7 Å².